The third-order valence-corrected chi connectivity index (χ3v) is 6.86. The van der Waals surface area contributed by atoms with Crippen LogP contribution in [0.5, 0.6) is 0 Å². The summed E-state index contributed by atoms with van der Waals surface area (Å²) in [5, 5.41) is 9.20. The van der Waals surface area contributed by atoms with Gasteiger partial charge in [0, 0.05) is 25.7 Å². The summed E-state index contributed by atoms with van der Waals surface area (Å²) in [7, 11) is 0. The van der Waals surface area contributed by atoms with Crippen LogP contribution >= 0.6 is 0 Å². The predicted octanol–water partition coefficient (Wildman–Crippen LogP) is 1.89. The summed E-state index contributed by atoms with van der Waals surface area (Å²) in [6, 6.07) is 4.87. The summed E-state index contributed by atoms with van der Waals surface area (Å²) in [6.07, 6.45) is -2.47. The van der Waals surface area contributed by atoms with Crippen molar-refractivity contribution in [1.29, 1.82) is 5.26 Å². The zero-order valence-electron chi connectivity index (χ0n) is 17.8. The van der Waals surface area contributed by atoms with Gasteiger partial charge in [-0.2, -0.15) is 18.4 Å². The average Bonchev–Trinajstić information content (AvgIpc) is 3.46. The summed E-state index contributed by atoms with van der Waals surface area (Å²) in [4.78, 5) is 30.8. The number of rotatable bonds is 5. The van der Waals surface area contributed by atoms with Gasteiger partial charge in [-0.05, 0) is 43.9 Å². The lowest BCUT2D eigenvalue weighted by Gasteiger charge is -2.38. The van der Waals surface area contributed by atoms with E-state index in [1.54, 1.807) is 17.9 Å². The fourth-order valence-electron chi connectivity index (χ4n) is 5.24. The Labute approximate surface area is 184 Å². The molecular formula is C22H26F3N5O2. The van der Waals surface area contributed by atoms with E-state index in [-0.39, 0.29) is 24.4 Å². The Morgan fingerprint density at radius 2 is 2.12 bits per heavy atom. The number of alkyl halides is 3. The first-order valence-corrected chi connectivity index (χ1v) is 10.8. The maximum absolute atomic E-state index is 13.1. The van der Waals surface area contributed by atoms with Gasteiger partial charge in [0.2, 0.25) is 11.8 Å². The largest absolute Gasteiger partial charge is 0.416 e. The second kappa shape index (κ2) is 8.37. The fourth-order valence-corrected chi connectivity index (χ4v) is 5.24. The first-order valence-electron chi connectivity index (χ1n) is 10.8. The van der Waals surface area contributed by atoms with Crippen molar-refractivity contribution in [3.05, 3.63) is 35.4 Å². The van der Waals surface area contributed by atoms with Gasteiger partial charge in [-0.3, -0.25) is 14.5 Å². The lowest BCUT2D eigenvalue weighted by molar-refractivity contribution is -0.141. The number of likely N-dealkylation sites (tertiary alicyclic amines) is 3. The maximum Gasteiger partial charge on any atom is 0.416 e. The van der Waals surface area contributed by atoms with Crippen LogP contribution in [0.3, 0.4) is 0 Å². The molecule has 3 aliphatic heterocycles. The van der Waals surface area contributed by atoms with E-state index in [0.29, 0.717) is 31.5 Å². The van der Waals surface area contributed by atoms with Gasteiger partial charge in [0.15, 0.2) is 0 Å². The molecule has 1 aromatic rings. The summed E-state index contributed by atoms with van der Waals surface area (Å²) >= 11 is 0. The van der Waals surface area contributed by atoms with Crippen LogP contribution in [-0.4, -0.2) is 70.3 Å². The van der Waals surface area contributed by atoms with Crippen LogP contribution < -0.4 is 5.73 Å². The Hall–Kier alpha value is -2.64. The first-order chi connectivity index (χ1) is 15.1. The van der Waals surface area contributed by atoms with E-state index >= 15 is 0 Å². The van der Waals surface area contributed by atoms with Crippen LogP contribution in [0.2, 0.25) is 0 Å². The van der Waals surface area contributed by atoms with E-state index in [9.17, 15) is 28.0 Å². The van der Waals surface area contributed by atoms with Crippen molar-refractivity contribution >= 4 is 11.8 Å². The number of halogens is 3. The molecule has 2 amide bonds. The minimum Gasteiger partial charge on any atom is -0.330 e. The highest BCUT2D eigenvalue weighted by Gasteiger charge is 2.51. The summed E-state index contributed by atoms with van der Waals surface area (Å²) in [5.74, 6) is -0.430. The van der Waals surface area contributed by atoms with Crippen molar-refractivity contribution in [1.82, 2.24) is 14.7 Å². The lowest BCUT2D eigenvalue weighted by atomic mass is 10.0. The number of hydrogen-bond donors (Lipinski definition) is 1. The molecule has 2 N–H and O–H groups in total. The molecule has 0 aromatic heterocycles. The van der Waals surface area contributed by atoms with Gasteiger partial charge in [-0.1, -0.05) is 12.1 Å². The number of benzene rings is 1. The Bertz CT molecular complexity index is 946. The average molecular weight is 449 g/mol. The molecule has 3 heterocycles. The molecule has 7 nitrogen and oxygen atoms in total. The summed E-state index contributed by atoms with van der Waals surface area (Å²) < 4.78 is 39.3. The molecule has 0 radical (unpaired) electrons. The van der Waals surface area contributed by atoms with E-state index in [1.807, 2.05) is 4.90 Å². The third-order valence-electron chi connectivity index (χ3n) is 6.86. The minimum atomic E-state index is -4.44. The van der Waals surface area contributed by atoms with Crippen LogP contribution in [0.4, 0.5) is 13.2 Å². The van der Waals surface area contributed by atoms with Crippen LogP contribution in [0, 0.1) is 11.3 Å². The van der Waals surface area contributed by atoms with Gasteiger partial charge in [0.25, 0.3) is 0 Å². The Morgan fingerprint density at radius 3 is 2.78 bits per heavy atom. The van der Waals surface area contributed by atoms with Gasteiger partial charge in [-0.25, -0.2) is 0 Å². The molecule has 4 rings (SSSR count). The molecule has 1 aromatic carbocycles. The normalized spacial score (nSPS) is 27.6. The van der Waals surface area contributed by atoms with E-state index in [0.717, 1.165) is 18.6 Å². The molecular weight excluding hydrogens is 423 g/mol. The second-order valence-electron chi connectivity index (χ2n) is 8.83. The van der Waals surface area contributed by atoms with Crippen molar-refractivity contribution in [3.8, 4) is 6.07 Å². The van der Waals surface area contributed by atoms with E-state index in [4.69, 9.17) is 5.73 Å². The monoisotopic (exact) mass is 449 g/mol. The molecule has 3 aliphatic rings. The van der Waals surface area contributed by atoms with Crippen LogP contribution in [0.1, 0.15) is 43.4 Å². The van der Waals surface area contributed by atoms with Gasteiger partial charge in [-0.15, -0.1) is 0 Å². The van der Waals surface area contributed by atoms with Crippen molar-refractivity contribution < 1.29 is 22.8 Å². The Kier molecular flexibility index (Phi) is 5.90. The Morgan fingerprint density at radius 1 is 1.38 bits per heavy atom. The minimum absolute atomic E-state index is 0.141. The molecule has 10 heteroatoms. The smallest absolute Gasteiger partial charge is 0.330 e. The van der Waals surface area contributed by atoms with E-state index in [2.05, 4.69) is 6.07 Å². The van der Waals surface area contributed by atoms with Gasteiger partial charge < -0.3 is 15.5 Å². The van der Waals surface area contributed by atoms with Crippen molar-refractivity contribution in [3.63, 3.8) is 0 Å². The molecule has 1 unspecified atom stereocenters. The molecule has 32 heavy (non-hydrogen) atoms. The molecule has 3 fully saturated rings. The SMILES string of the molecule is C[C@@H](c1cccc(C(F)(F)F)c1)N1C(=O)[C@H]2CC1CN2C[C@H](N)C(=O)N1CCC[C@H]1C#N. The highest BCUT2D eigenvalue weighted by atomic mass is 19.4. The molecule has 3 saturated heterocycles. The predicted molar refractivity (Wildman–Crippen MR) is 109 cm³/mol. The van der Waals surface area contributed by atoms with Crippen molar-refractivity contribution in [2.24, 2.45) is 5.73 Å². The zero-order valence-corrected chi connectivity index (χ0v) is 17.8. The first kappa shape index (κ1) is 22.6. The zero-order chi connectivity index (χ0) is 23.2. The number of nitriles is 1. The summed E-state index contributed by atoms with van der Waals surface area (Å²) in [5.41, 5.74) is 5.85. The van der Waals surface area contributed by atoms with Crippen molar-refractivity contribution in [2.45, 2.75) is 62.6 Å². The number of fused-ring (bicyclic) bond motifs is 2. The fraction of sp³-hybridized carbons (Fsp3) is 0.591. The standard InChI is InChI=1S/C22H26F3N5O2/c1-13(14-4-2-5-15(8-14)22(23,24)25)30-17-9-19(21(30)32)28(11-17)12-18(27)20(31)29-7-3-6-16(29)10-26/h2,4-5,8,13,16-19H,3,6-7,9,11-12,27H2,1H3/t13-,16-,17?,18-,19+/m0/s1. The molecule has 0 aliphatic carbocycles. The third kappa shape index (κ3) is 3.95. The van der Waals surface area contributed by atoms with Crippen LogP contribution in [0.15, 0.2) is 24.3 Å². The quantitative estimate of drug-likeness (QED) is 0.741. The van der Waals surface area contributed by atoms with Crippen LogP contribution in [-0.2, 0) is 15.8 Å². The number of carbonyl (C=O) groups excluding carboxylic acids is 2. The van der Waals surface area contributed by atoms with Crippen molar-refractivity contribution in [2.75, 3.05) is 19.6 Å². The van der Waals surface area contributed by atoms with Crippen LogP contribution in [0.25, 0.3) is 0 Å². The molecule has 172 valence electrons. The van der Waals surface area contributed by atoms with E-state index in [1.165, 1.54) is 11.0 Å². The summed E-state index contributed by atoms with van der Waals surface area (Å²) in [6.45, 7) is 2.98. The highest BCUT2D eigenvalue weighted by Crippen LogP contribution is 2.39. The number of amides is 2. The number of nitrogens with zero attached hydrogens (tertiary/aromatic N) is 4. The molecule has 0 spiro atoms. The topological polar surface area (TPSA) is 93.7 Å². The number of hydrogen-bond acceptors (Lipinski definition) is 5. The van der Waals surface area contributed by atoms with E-state index < -0.39 is 35.9 Å². The second-order valence-corrected chi connectivity index (χ2v) is 8.83. The number of piperazine rings is 1. The van der Waals surface area contributed by atoms with Gasteiger partial charge in [0.1, 0.15) is 6.04 Å². The lowest BCUT2D eigenvalue weighted by Crippen LogP contribution is -2.56. The maximum atomic E-state index is 13.1. The molecule has 2 bridgehead atoms. The molecule has 5 atom stereocenters. The highest BCUT2D eigenvalue weighted by molar-refractivity contribution is 5.87. The number of nitrogens with two attached hydrogens (primary N) is 1. The Balaban J connectivity index is 1.41. The van der Waals surface area contributed by atoms with Gasteiger partial charge in [0.05, 0.1) is 29.8 Å². The number of carbonyl (C=O) groups is 2. The molecule has 0 saturated carbocycles. The van der Waals surface area contributed by atoms with Gasteiger partial charge >= 0.3 is 6.18 Å².